The molecule has 0 bridgehead atoms. The molecule has 0 atom stereocenters. The Balaban J connectivity index is 2.14. The topological polar surface area (TPSA) is 46.0 Å². The predicted molar refractivity (Wildman–Crippen MR) is 70.8 cm³/mol. The number of aromatic nitrogens is 2. The second-order valence-electron chi connectivity index (χ2n) is 4.48. The van der Waals surface area contributed by atoms with Crippen molar-refractivity contribution < 1.29 is 5.11 Å². The number of hydrogen-bond acceptors (Lipinski definition) is 3. The van der Waals surface area contributed by atoms with Crippen LogP contribution in [0.3, 0.4) is 0 Å². The number of aromatic hydroxyl groups is 1. The van der Waals surface area contributed by atoms with Crippen LogP contribution in [0.15, 0.2) is 24.3 Å². The zero-order chi connectivity index (χ0) is 12.5. The van der Waals surface area contributed by atoms with Crippen molar-refractivity contribution in [3.63, 3.8) is 0 Å². The van der Waals surface area contributed by atoms with Gasteiger partial charge in [0.15, 0.2) is 5.82 Å². The number of hydrogen-bond donors (Lipinski definition) is 1. The third kappa shape index (κ3) is 1.95. The highest BCUT2D eigenvalue weighted by Crippen LogP contribution is 2.31. The van der Waals surface area contributed by atoms with Gasteiger partial charge in [-0.2, -0.15) is 4.98 Å². The average Bonchev–Trinajstić information content (AvgIpc) is 2.39. The van der Waals surface area contributed by atoms with E-state index in [0.717, 1.165) is 42.5 Å². The molecule has 1 aliphatic rings. The van der Waals surface area contributed by atoms with E-state index in [1.165, 1.54) is 0 Å². The van der Waals surface area contributed by atoms with Crippen LogP contribution in [0.1, 0.15) is 24.1 Å². The normalized spacial score (nSPS) is 14.3. The monoisotopic (exact) mass is 260 g/mol. The number of benzene rings is 1. The van der Waals surface area contributed by atoms with Crippen LogP contribution < -0.4 is 0 Å². The first-order valence-corrected chi connectivity index (χ1v) is 6.47. The summed E-state index contributed by atoms with van der Waals surface area (Å²) in [6.45, 7) is 0. The lowest BCUT2D eigenvalue weighted by Crippen LogP contribution is -2.08. The summed E-state index contributed by atoms with van der Waals surface area (Å²) in [6.07, 6.45) is 3.98. The molecule has 1 N–H and O–H groups in total. The van der Waals surface area contributed by atoms with Crippen molar-refractivity contribution in [2.24, 2.45) is 0 Å². The molecule has 3 rings (SSSR count). The molecular formula is C14H13ClN2O. The van der Waals surface area contributed by atoms with Crippen LogP contribution in [0, 0.1) is 0 Å². The van der Waals surface area contributed by atoms with Crippen molar-refractivity contribution in [2.75, 3.05) is 0 Å². The van der Waals surface area contributed by atoms with Gasteiger partial charge in [0.05, 0.1) is 10.7 Å². The summed E-state index contributed by atoms with van der Waals surface area (Å²) >= 11 is 6.13. The zero-order valence-corrected chi connectivity index (χ0v) is 10.6. The molecule has 3 nitrogen and oxygen atoms in total. The summed E-state index contributed by atoms with van der Waals surface area (Å²) in [7, 11) is 0. The van der Waals surface area contributed by atoms with E-state index >= 15 is 0 Å². The van der Waals surface area contributed by atoms with Crippen molar-refractivity contribution in [1.29, 1.82) is 0 Å². The van der Waals surface area contributed by atoms with Crippen molar-refractivity contribution in [2.45, 2.75) is 25.7 Å². The summed E-state index contributed by atoms with van der Waals surface area (Å²) in [6, 6.07) is 7.42. The Morgan fingerprint density at radius 3 is 2.67 bits per heavy atom. The van der Waals surface area contributed by atoms with E-state index in [0.29, 0.717) is 10.8 Å². The van der Waals surface area contributed by atoms with Crippen LogP contribution >= 0.6 is 11.6 Å². The van der Waals surface area contributed by atoms with E-state index in [2.05, 4.69) is 9.97 Å². The lowest BCUT2D eigenvalue weighted by molar-refractivity contribution is 0.437. The van der Waals surface area contributed by atoms with Gasteiger partial charge in [0.25, 0.3) is 0 Å². The van der Waals surface area contributed by atoms with E-state index in [4.69, 9.17) is 11.6 Å². The van der Waals surface area contributed by atoms with Crippen molar-refractivity contribution in [3.8, 4) is 17.3 Å². The number of aryl methyl sites for hydroxylation is 1. The number of halogens is 1. The summed E-state index contributed by atoms with van der Waals surface area (Å²) < 4.78 is 0. The fraction of sp³-hybridized carbons (Fsp3) is 0.286. The molecule has 4 heteroatoms. The zero-order valence-electron chi connectivity index (χ0n) is 9.86. The molecule has 0 spiro atoms. The largest absolute Gasteiger partial charge is 0.493 e. The van der Waals surface area contributed by atoms with Gasteiger partial charge in [-0.05, 0) is 37.8 Å². The molecule has 0 saturated carbocycles. The molecule has 2 aromatic rings. The van der Waals surface area contributed by atoms with Crippen molar-refractivity contribution >= 4 is 11.6 Å². The van der Waals surface area contributed by atoms with Gasteiger partial charge in [0.1, 0.15) is 0 Å². The summed E-state index contributed by atoms with van der Waals surface area (Å²) in [4.78, 5) is 8.73. The van der Waals surface area contributed by atoms with Gasteiger partial charge in [0, 0.05) is 11.1 Å². The van der Waals surface area contributed by atoms with E-state index < -0.39 is 0 Å². The molecule has 92 valence electrons. The molecule has 1 aliphatic carbocycles. The van der Waals surface area contributed by atoms with Gasteiger partial charge >= 0.3 is 0 Å². The average molecular weight is 261 g/mol. The molecule has 0 fully saturated rings. The Labute approximate surface area is 110 Å². The quantitative estimate of drug-likeness (QED) is 0.855. The lowest BCUT2D eigenvalue weighted by atomic mass is 9.96. The van der Waals surface area contributed by atoms with E-state index in [-0.39, 0.29) is 5.88 Å². The Hall–Kier alpha value is -1.61. The Morgan fingerprint density at radius 2 is 1.83 bits per heavy atom. The molecule has 1 heterocycles. The highest BCUT2D eigenvalue weighted by molar-refractivity contribution is 6.33. The predicted octanol–water partition coefficient (Wildman–Crippen LogP) is 3.38. The summed E-state index contributed by atoms with van der Waals surface area (Å²) in [5, 5.41) is 10.6. The molecule has 1 aromatic heterocycles. The van der Waals surface area contributed by atoms with Crippen LogP contribution in [-0.2, 0) is 12.8 Å². The molecule has 0 radical (unpaired) electrons. The van der Waals surface area contributed by atoms with Crippen LogP contribution in [0.5, 0.6) is 5.88 Å². The minimum atomic E-state index is 0.106. The molecule has 18 heavy (non-hydrogen) atoms. The third-order valence-electron chi connectivity index (χ3n) is 3.28. The maximum Gasteiger partial charge on any atom is 0.217 e. The first-order valence-electron chi connectivity index (χ1n) is 6.09. The minimum absolute atomic E-state index is 0.106. The van der Waals surface area contributed by atoms with Gasteiger partial charge in [0.2, 0.25) is 5.88 Å². The van der Waals surface area contributed by atoms with E-state index in [9.17, 15) is 5.11 Å². The lowest BCUT2D eigenvalue weighted by Gasteiger charge is -2.16. The third-order valence-corrected chi connectivity index (χ3v) is 3.61. The van der Waals surface area contributed by atoms with Gasteiger partial charge in [-0.1, -0.05) is 23.7 Å². The second-order valence-corrected chi connectivity index (χ2v) is 4.89. The first kappa shape index (κ1) is 11.5. The Bertz CT molecular complexity index is 598. The van der Waals surface area contributed by atoms with Crippen LogP contribution in [0.2, 0.25) is 5.02 Å². The molecule has 1 aromatic carbocycles. The maximum absolute atomic E-state index is 10.00. The number of fused-ring (bicyclic) bond motifs is 1. The minimum Gasteiger partial charge on any atom is -0.493 e. The fourth-order valence-electron chi connectivity index (χ4n) is 2.34. The number of nitrogens with zero attached hydrogens (tertiary/aromatic N) is 2. The van der Waals surface area contributed by atoms with E-state index in [1.807, 2.05) is 18.2 Å². The fourth-order valence-corrected chi connectivity index (χ4v) is 2.56. The molecule has 0 aliphatic heterocycles. The van der Waals surface area contributed by atoms with Gasteiger partial charge in [-0.15, -0.1) is 0 Å². The molecule has 0 amide bonds. The standard InChI is InChI=1S/C14H13ClN2O/c15-11-7-3-1-5-9(11)13-16-12-8-4-2-6-10(12)14(18)17-13/h1,3,5,7H,2,4,6,8H2,(H,16,17,18). The highest BCUT2D eigenvalue weighted by Gasteiger charge is 2.18. The van der Waals surface area contributed by atoms with Crippen LogP contribution in [-0.4, -0.2) is 15.1 Å². The van der Waals surface area contributed by atoms with Crippen LogP contribution in [0.25, 0.3) is 11.4 Å². The highest BCUT2D eigenvalue weighted by atomic mass is 35.5. The Kier molecular flexibility index (Phi) is 2.92. The SMILES string of the molecule is Oc1nc(-c2ccccc2Cl)nc2c1CCCC2. The van der Waals surface area contributed by atoms with E-state index in [1.54, 1.807) is 6.07 Å². The van der Waals surface area contributed by atoms with Gasteiger partial charge < -0.3 is 5.11 Å². The first-order chi connectivity index (χ1) is 8.75. The molecule has 0 unspecified atom stereocenters. The smallest absolute Gasteiger partial charge is 0.217 e. The Morgan fingerprint density at radius 1 is 1.06 bits per heavy atom. The summed E-state index contributed by atoms with van der Waals surface area (Å²) in [5.74, 6) is 0.619. The molecule has 0 saturated heterocycles. The maximum atomic E-state index is 10.00. The second kappa shape index (κ2) is 4.58. The molecular weight excluding hydrogens is 248 g/mol. The van der Waals surface area contributed by atoms with Crippen molar-refractivity contribution in [3.05, 3.63) is 40.5 Å². The van der Waals surface area contributed by atoms with Gasteiger partial charge in [-0.3, -0.25) is 0 Å². The van der Waals surface area contributed by atoms with Crippen molar-refractivity contribution in [1.82, 2.24) is 9.97 Å². The van der Waals surface area contributed by atoms with Gasteiger partial charge in [-0.25, -0.2) is 4.98 Å². The number of rotatable bonds is 1. The summed E-state index contributed by atoms with van der Waals surface area (Å²) in [5.41, 5.74) is 2.63. The van der Waals surface area contributed by atoms with Crippen LogP contribution in [0.4, 0.5) is 0 Å².